The molecule has 0 aromatic carbocycles. The summed E-state index contributed by atoms with van der Waals surface area (Å²) in [6.45, 7) is 0. The fourth-order valence-electron chi connectivity index (χ4n) is 1.24. The zero-order valence-electron chi connectivity index (χ0n) is 9.99. The number of amides is 1. The zero-order valence-corrected chi connectivity index (χ0v) is 9.99. The SMILES string of the molecule is COC(=O)C[C@H](NC(=O)c1cncc(O)c1)C(=O)O. The highest BCUT2D eigenvalue weighted by Gasteiger charge is 2.24. The minimum absolute atomic E-state index is 0.0175. The fourth-order valence-corrected chi connectivity index (χ4v) is 1.24. The van der Waals surface area contributed by atoms with E-state index in [4.69, 9.17) is 10.2 Å². The second-order valence-corrected chi connectivity index (χ2v) is 3.58. The van der Waals surface area contributed by atoms with Crippen LogP contribution in [0, 0.1) is 0 Å². The van der Waals surface area contributed by atoms with E-state index in [1.54, 1.807) is 0 Å². The molecule has 102 valence electrons. The van der Waals surface area contributed by atoms with Crippen LogP contribution in [-0.2, 0) is 14.3 Å². The third-order valence-corrected chi connectivity index (χ3v) is 2.19. The van der Waals surface area contributed by atoms with E-state index in [9.17, 15) is 14.4 Å². The molecule has 1 aromatic heterocycles. The predicted octanol–water partition coefficient (Wildman–Crippen LogP) is -0.467. The second kappa shape index (κ2) is 6.34. The highest BCUT2D eigenvalue weighted by molar-refractivity contribution is 5.97. The third kappa shape index (κ3) is 4.26. The Hall–Kier alpha value is -2.64. The Morgan fingerprint density at radius 2 is 2.11 bits per heavy atom. The van der Waals surface area contributed by atoms with Crippen LogP contribution in [0.2, 0.25) is 0 Å². The van der Waals surface area contributed by atoms with Crippen molar-refractivity contribution in [3.05, 3.63) is 24.0 Å². The Morgan fingerprint density at radius 3 is 2.63 bits per heavy atom. The van der Waals surface area contributed by atoms with Gasteiger partial charge in [-0.1, -0.05) is 0 Å². The molecule has 1 amide bonds. The Labute approximate surface area is 108 Å². The third-order valence-electron chi connectivity index (χ3n) is 2.19. The molecule has 1 atom stereocenters. The van der Waals surface area contributed by atoms with E-state index < -0.39 is 30.3 Å². The summed E-state index contributed by atoms with van der Waals surface area (Å²) in [5.41, 5.74) is -0.0175. The number of ether oxygens (including phenoxy) is 1. The smallest absolute Gasteiger partial charge is 0.326 e. The van der Waals surface area contributed by atoms with Crippen LogP contribution in [-0.4, -0.2) is 46.2 Å². The Balaban J connectivity index is 2.77. The number of rotatable bonds is 5. The first kappa shape index (κ1) is 14.4. The number of nitrogens with zero attached hydrogens (tertiary/aromatic N) is 1. The largest absolute Gasteiger partial charge is 0.506 e. The van der Waals surface area contributed by atoms with Gasteiger partial charge in [-0.2, -0.15) is 0 Å². The number of hydrogen-bond acceptors (Lipinski definition) is 6. The van der Waals surface area contributed by atoms with Gasteiger partial charge in [0, 0.05) is 6.20 Å². The van der Waals surface area contributed by atoms with Crippen LogP contribution in [0.5, 0.6) is 5.75 Å². The minimum atomic E-state index is -1.41. The van der Waals surface area contributed by atoms with Crippen molar-refractivity contribution in [1.29, 1.82) is 0 Å². The van der Waals surface area contributed by atoms with Gasteiger partial charge in [0.25, 0.3) is 5.91 Å². The molecule has 0 spiro atoms. The van der Waals surface area contributed by atoms with E-state index in [2.05, 4.69) is 15.0 Å². The van der Waals surface area contributed by atoms with Crippen LogP contribution >= 0.6 is 0 Å². The van der Waals surface area contributed by atoms with Crippen LogP contribution in [0.3, 0.4) is 0 Å². The number of carbonyl (C=O) groups excluding carboxylic acids is 2. The lowest BCUT2D eigenvalue weighted by molar-refractivity contribution is -0.147. The standard InChI is InChI=1S/C11H12N2O6/c1-19-9(15)3-8(11(17)18)13-10(16)6-2-7(14)5-12-4-6/h2,4-5,8,14H,3H2,1H3,(H,13,16)(H,17,18)/t8-/m0/s1. The molecule has 0 bridgehead atoms. The lowest BCUT2D eigenvalue weighted by atomic mass is 10.2. The summed E-state index contributed by atoms with van der Waals surface area (Å²) < 4.78 is 4.33. The topological polar surface area (TPSA) is 126 Å². The molecule has 0 unspecified atom stereocenters. The lowest BCUT2D eigenvalue weighted by Crippen LogP contribution is -2.42. The molecule has 0 aliphatic heterocycles. The summed E-state index contributed by atoms with van der Waals surface area (Å²) >= 11 is 0. The number of carboxylic acids is 1. The van der Waals surface area contributed by atoms with Crippen molar-refractivity contribution in [3.8, 4) is 5.75 Å². The Morgan fingerprint density at radius 1 is 1.42 bits per heavy atom. The van der Waals surface area contributed by atoms with Crippen molar-refractivity contribution in [3.63, 3.8) is 0 Å². The summed E-state index contributed by atoms with van der Waals surface area (Å²) in [7, 11) is 1.11. The van der Waals surface area contributed by atoms with Gasteiger partial charge in [0.2, 0.25) is 0 Å². The van der Waals surface area contributed by atoms with Gasteiger partial charge >= 0.3 is 11.9 Å². The number of carboxylic acid groups (broad SMARTS) is 1. The molecule has 0 saturated carbocycles. The summed E-state index contributed by atoms with van der Waals surface area (Å²) in [6.07, 6.45) is 1.79. The zero-order chi connectivity index (χ0) is 14.4. The summed E-state index contributed by atoms with van der Waals surface area (Å²) in [6, 6.07) is -0.290. The van der Waals surface area contributed by atoms with E-state index in [0.717, 1.165) is 25.6 Å². The molecule has 1 aromatic rings. The molecule has 0 radical (unpaired) electrons. The van der Waals surface area contributed by atoms with Crippen molar-refractivity contribution in [2.75, 3.05) is 7.11 Å². The minimum Gasteiger partial charge on any atom is -0.506 e. The number of esters is 1. The Kier molecular flexibility index (Phi) is 4.81. The number of aromatic hydroxyl groups is 1. The molecular formula is C11H12N2O6. The summed E-state index contributed by atoms with van der Waals surface area (Å²) in [4.78, 5) is 37.2. The first-order valence-corrected chi connectivity index (χ1v) is 5.18. The second-order valence-electron chi connectivity index (χ2n) is 3.58. The number of pyridine rings is 1. The average Bonchev–Trinajstić information content (AvgIpc) is 2.37. The maximum Gasteiger partial charge on any atom is 0.326 e. The van der Waals surface area contributed by atoms with E-state index in [-0.39, 0.29) is 11.3 Å². The quantitative estimate of drug-likeness (QED) is 0.616. The molecule has 3 N–H and O–H groups in total. The van der Waals surface area contributed by atoms with Crippen molar-refractivity contribution in [1.82, 2.24) is 10.3 Å². The molecule has 0 aliphatic rings. The van der Waals surface area contributed by atoms with Gasteiger partial charge in [0.05, 0.1) is 25.3 Å². The van der Waals surface area contributed by atoms with Crippen LogP contribution < -0.4 is 5.32 Å². The predicted molar refractivity (Wildman–Crippen MR) is 61.4 cm³/mol. The van der Waals surface area contributed by atoms with Gasteiger partial charge < -0.3 is 20.3 Å². The molecule has 19 heavy (non-hydrogen) atoms. The number of aliphatic carboxylic acids is 1. The molecule has 8 heteroatoms. The van der Waals surface area contributed by atoms with Gasteiger partial charge in [-0.3, -0.25) is 14.6 Å². The molecule has 1 heterocycles. The summed E-state index contributed by atoms with van der Waals surface area (Å²) in [5.74, 6) is -3.12. The monoisotopic (exact) mass is 268 g/mol. The molecule has 1 rings (SSSR count). The maximum absolute atomic E-state index is 11.7. The van der Waals surface area contributed by atoms with Crippen molar-refractivity contribution < 1.29 is 29.3 Å². The van der Waals surface area contributed by atoms with Crippen LogP contribution in [0.25, 0.3) is 0 Å². The molecule has 8 nitrogen and oxygen atoms in total. The van der Waals surface area contributed by atoms with Crippen molar-refractivity contribution in [2.24, 2.45) is 0 Å². The van der Waals surface area contributed by atoms with Gasteiger partial charge in [-0.05, 0) is 6.07 Å². The van der Waals surface area contributed by atoms with Crippen molar-refractivity contribution >= 4 is 17.8 Å². The van der Waals surface area contributed by atoms with E-state index in [1.165, 1.54) is 0 Å². The van der Waals surface area contributed by atoms with Crippen LogP contribution in [0.15, 0.2) is 18.5 Å². The molecule has 0 aliphatic carbocycles. The van der Waals surface area contributed by atoms with Gasteiger partial charge in [-0.25, -0.2) is 4.79 Å². The fraction of sp³-hybridized carbons (Fsp3) is 0.273. The summed E-state index contributed by atoms with van der Waals surface area (Å²) in [5, 5.41) is 20.2. The number of carbonyl (C=O) groups is 3. The first-order valence-electron chi connectivity index (χ1n) is 5.18. The van der Waals surface area contributed by atoms with Crippen LogP contribution in [0.1, 0.15) is 16.8 Å². The van der Waals surface area contributed by atoms with Crippen molar-refractivity contribution in [2.45, 2.75) is 12.5 Å². The van der Waals surface area contributed by atoms with E-state index in [1.807, 2.05) is 0 Å². The van der Waals surface area contributed by atoms with Gasteiger partial charge in [-0.15, -0.1) is 0 Å². The molecular weight excluding hydrogens is 256 g/mol. The lowest BCUT2D eigenvalue weighted by Gasteiger charge is -2.13. The van der Waals surface area contributed by atoms with Gasteiger partial charge in [0.15, 0.2) is 0 Å². The number of hydrogen-bond donors (Lipinski definition) is 3. The normalized spacial score (nSPS) is 11.4. The number of aromatic nitrogens is 1. The number of nitrogens with one attached hydrogen (secondary N) is 1. The molecule has 0 fully saturated rings. The average molecular weight is 268 g/mol. The maximum atomic E-state index is 11.7. The molecule has 0 saturated heterocycles. The van der Waals surface area contributed by atoms with Crippen LogP contribution in [0.4, 0.5) is 0 Å². The Bertz CT molecular complexity index is 502. The highest BCUT2D eigenvalue weighted by Crippen LogP contribution is 2.08. The van der Waals surface area contributed by atoms with E-state index >= 15 is 0 Å². The first-order chi connectivity index (χ1) is 8.93. The highest BCUT2D eigenvalue weighted by atomic mass is 16.5. The number of methoxy groups -OCH3 is 1. The van der Waals surface area contributed by atoms with Gasteiger partial charge in [0.1, 0.15) is 11.8 Å². The van der Waals surface area contributed by atoms with E-state index in [0.29, 0.717) is 0 Å².